The maximum absolute atomic E-state index is 5.36. The maximum atomic E-state index is 5.36. The van der Waals surface area contributed by atoms with Gasteiger partial charge in [0.25, 0.3) is 0 Å². The second kappa shape index (κ2) is 6.43. The molecule has 1 aromatic carbocycles. The summed E-state index contributed by atoms with van der Waals surface area (Å²) in [5.41, 5.74) is 1.11. The van der Waals surface area contributed by atoms with Crippen LogP contribution in [-0.2, 0) is 6.54 Å². The molecule has 1 saturated heterocycles. The quantitative estimate of drug-likeness (QED) is 0.915. The molecule has 1 aliphatic heterocycles. The molecule has 110 valence electrons. The lowest BCUT2D eigenvalue weighted by atomic mass is 10.2. The summed E-state index contributed by atoms with van der Waals surface area (Å²) in [4.78, 5) is 11.2. The molecule has 0 spiro atoms. The summed E-state index contributed by atoms with van der Waals surface area (Å²) >= 11 is 0. The Kier molecular flexibility index (Phi) is 4.19. The summed E-state index contributed by atoms with van der Waals surface area (Å²) in [6.45, 7) is 2.78. The van der Waals surface area contributed by atoms with Crippen molar-refractivity contribution in [2.75, 3.05) is 30.4 Å². The monoisotopic (exact) mass is 284 g/mol. The Morgan fingerprint density at radius 2 is 2.00 bits per heavy atom. The van der Waals surface area contributed by atoms with E-state index in [9.17, 15) is 0 Å². The average Bonchev–Trinajstić information content (AvgIpc) is 3.08. The number of nitrogens with zero attached hydrogens (tertiary/aromatic N) is 3. The number of ether oxygens (including phenoxy) is 1. The van der Waals surface area contributed by atoms with E-state index < -0.39 is 0 Å². The van der Waals surface area contributed by atoms with Gasteiger partial charge in [0.1, 0.15) is 11.6 Å². The summed E-state index contributed by atoms with van der Waals surface area (Å²) in [6.07, 6.45) is 4.26. The summed E-state index contributed by atoms with van der Waals surface area (Å²) in [6, 6.07) is 9.89. The number of hydrogen-bond acceptors (Lipinski definition) is 5. The average molecular weight is 284 g/mol. The van der Waals surface area contributed by atoms with Crippen LogP contribution < -0.4 is 15.0 Å². The molecule has 2 heterocycles. The number of benzene rings is 1. The minimum Gasteiger partial charge on any atom is -0.496 e. The molecular weight excluding hydrogens is 264 g/mol. The number of aromatic nitrogens is 2. The zero-order valence-electron chi connectivity index (χ0n) is 12.2. The summed E-state index contributed by atoms with van der Waals surface area (Å²) in [7, 11) is 1.69. The molecule has 0 radical (unpaired) electrons. The molecule has 0 atom stereocenters. The Morgan fingerprint density at radius 1 is 1.19 bits per heavy atom. The molecule has 2 aromatic rings. The number of hydrogen-bond donors (Lipinski definition) is 1. The van der Waals surface area contributed by atoms with Crippen molar-refractivity contribution in [2.24, 2.45) is 0 Å². The minimum atomic E-state index is 0.681. The van der Waals surface area contributed by atoms with E-state index in [2.05, 4.69) is 26.3 Å². The molecule has 1 fully saturated rings. The molecule has 3 rings (SSSR count). The van der Waals surface area contributed by atoms with Crippen LogP contribution in [0.1, 0.15) is 18.4 Å². The molecule has 0 aliphatic carbocycles. The van der Waals surface area contributed by atoms with Gasteiger partial charge in [-0.1, -0.05) is 18.2 Å². The summed E-state index contributed by atoms with van der Waals surface area (Å²) < 4.78 is 5.36. The topological polar surface area (TPSA) is 50.3 Å². The number of methoxy groups -OCH3 is 1. The van der Waals surface area contributed by atoms with Gasteiger partial charge < -0.3 is 15.0 Å². The minimum absolute atomic E-state index is 0.681. The van der Waals surface area contributed by atoms with Crippen LogP contribution in [0.25, 0.3) is 0 Å². The van der Waals surface area contributed by atoms with E-state index in [1.165, 1.54) is 12.8 Å². The first-order valence-corrected chi connectivity index (χ1v) is 7.30. The third-order valence-electron chi connectivity index (χ3n) is 3.68. The smallest absolute Gasteiger partial charge is 0.227 e. The van der Waals surface area contributed by atoms with Gasteiger partial charge in [-0.25, -0.2) is 4.98 Å². The lowest BCUT2D eigenvalue weighted by molar-refractivity contribution is 0.410. The zero-order valence-corrected chi connectivity index (χ0v) is 12.2. The standard InChI is InChI=1S/C16H20N4O/c1-21-14-7-3-2-6-13(14)12-18-15-8-9-17-16(19-15)20-10-4-5-11-20/h2-3,6-9H,4-5,10-12H2,1H3,(H,17,18,19). The van der Waals surface area contributed by atoms with E-state index in [0.717, 1.165) is 36.2 Å². The Hall–Kier alpha value is -2.30. The molecule has 5 heteroatoms. The summed E-state index contributed by atoms with van der Waals surface area (Å²) in [5, 5.41) is 3.34. The number of para-hydroxylation sites is 1. The van der Waals surface area contributed by atoms with E-state index in [1.807, 2.05) is 30.5 Å². The fraction of sp³-hybridized carbons (Fsp3) is 0.375. The van der Waals surface area contributed by atoms with Gasteiger partial charge in [0, 0.05) is 31.4 Å². The normalized spacial score (nSPS) is 14.2. The van der Waals surface area contributed by atoms with Crippen LogP contribution in [0.2, 0.25) is 0 Å². The van der Waals surface area contributed by atoms with Gasteiger partial charge in [-0.05, 0) is 25.0 Å². The Morgan fingerprint density at radius 3 is 2.81 bits per heavy atom. The Bertz CT molecular complexity index is 596. The van der Waals surface area contributed by atoms with Crippen molar-refractivity contribution in [1.82, 2.24) is 9.97 Å². The SMILES string of the molecule is COc1ccccc1CNc1ccnc(N2CCCC2)n1. The van der Waals surface area contributed by atoms with Crippen LogP contribution in [0.3, 0.4) is 0 Å². The molecule has 1 aliphatic rings. The number of nitrogens with one attached hydrogen (secondary N) is 1. The van der Waals surface area contributed by atoms with Gasteiger partial charge >= 0.3 is 0 Å². The molecule has 0 bridgehead atoms. The van der Waals surface area contributed by atoms with Crippen molar-refractivity contribution < 1.29 is 4.74 Å². The Balaban J connectivity index is 1.69. The third-order valence-corrected chi connectivity index (χ3v) is 3.68. The van der Waals surface area contributed by atoms with Gasteiger partial charge in [-0.3, -0.25) is 0 Å². The van der Waals surface area contributed by atoms with Crippen molar-refractivity contribution in [3.05, 3.63) is 42.1 Å². The van der Waals surface area contributed by atoms with Crippen molar-refractivity contribution in [1.29, 1.82) is 0 Å². The number of rotatable bonds is 5. The van der Waals surface area contributed by atoms with Crippen LogP contribution in [0.15, 0.2) is 36.5 Å². The molecule has 21 heavy (non-hydrogen) atoms. The highest BCUT2D eigenvalue weighted by molar-refractivity contribution is 5.43. The molecular formula is C16H20N4O. The van der Waals surface area contributed by atoms with Gasteiger partial charge in [-0.15, -0.1) is 0 Å². The first-order chi connectivity index (χ1) is 10.4. The van der Waals surface area contributed by atoms with Crippen molar-refractivity contribution >= 4 is 11.8 Å². The fourth-order valence-corrected chi connectivity index (χ4v) is 2.55. The van der Waals surface area contributed by atoms with E-state index >= 15 is 0 Å². The predicted molar refractivity (Wildman–Crippen MR) is 83.8 cm³/mol. The number of anilines is 2. The van der Waals surface area contributed by atoms with E-state index in [1.54, 1.807) is 7.11 Å². The van der Waals surface area contributed by atoms with Crippen LogP contribution >= 0.6 is 0 Å². The van der Waals surface area contributed by atoms with Crippen LogP contribution in [-0.4, -0.2) is 30.2 Å². The first-order valence-electron chi connectivity index (χ1n) is 7.30. The first kappa shape index (κ1) is 13.7. The highest BCUT2D eigenvalue weighted by Crippen LogP contribution is 2.20. The van der Waals surface area contributed by atoms with Crippen LogP contribution in [0, 0.1) is 0 Å². The molecule has 0 amide bonds. The van der Waals surface area contributed by atoms with Crippen molar-refractivity contribution in [3.63, 3.8) is 0 Å². The molecule has 0 unspecified atom stereocenters. The molecule has 1 aromatic heterocycles. The second-order valence-electron chi connectivity index (χ2n) is 5.10. The van der Waals surface area contributed by atoms with Crippen molar-refractivity contribution in [2.45, 2.75) is 19.4 Å². The predicted octanol–water partition coefficient (Wildman–Crippen LogP) is 2.70. The highest BCUT2D eigenvalue weighted by Gasteiger charge is 2.14. The largest absolute Gasteiger partial charge is 0.496 e. The highest BCUT2D eigenvalue weighted by atomic mass is 16.5. The fourth-order valence-electron chi connectivity index (χ4n) is 2.55. The van der Waals surface area contributed by atoms with Crippen LogP contribution in [0.5, 0.6) is 5.75 Å². The van der Waals surface area contributed by atoms with E-state index in [4.69, 9.17) is 4.74 Å². The van der Waals surface area contributed by atoms with Gasteiger partial charge in [0.2, 0.25) is 5.95 Å². The summed E-state index contributed by atoms with van der Waals surface area (Å²) in [5.74, 6) is 2.55. The third kappa shape index (κ3) is 3.24. The van der Waals surface area contributed by atoms with Gasteiger partial charge in [0.05, 0.1) is 7.11 Å². The molecule has 5 nitrogen and oxygen atoms in total. The molecule has 1 N–H and O–H groups in total. The Labute approximate surface area is 125 Å². The van der Waals surface area contributed by atoms with Crippen LogP contribution in [0.4, 0.5) is 11.8 Å². The van der Waals surface area contributed by atoms with Gasteiger partial charge in [0.15, 0.2) is 0 Å². The lowest BCUT2D eigenvalue weighted by Crippen LogP contribution is -2.20. The second-order valence-corrected chi connectivity index (χ2v) is 5.10. The maximum Gasteiger partial charge on any atom is 0.227 e. The van der Waals surface area contributed by atoms with E-state index in [-0.39, 0.29) is 0 Å². The lowest BCUT2D eigenvalue weighted by Gasteiger charge is -2.16. The van der Waals surface area contributed by atoms with Crippen molar-refractivity contribution in [3.8, 4) is 5.75 Å². The van der Waals surface area contributed by atoms with Gasteiger partial charge in [-0.2, -0.15) is 4.98 Å². The molecule has 0 saturated carbocycles. The van der Waals surface area contributed by atoms with E-state index in [0.29, 0.717) is 6.54 Å². The zero-order chi connectivity index (χ0) is 14.5.